The second-order valence-electron chi connectivity index (χ2n) is 7.68. The van der Waals surface area contributed by atoms with E-state index in [1.165, 1.54) is 38.5 Å². The number of nitrogens with zero attached hydrogens (tertiary/aromatic N) is 1. The van der Waals surface area contributed by atoms with Gasteiger partial charge in [-0.15, -0.1) is 0 Å². The minimum atomic E-state index is -0.517. The zero-order valence-corrected chi connectivity index (χ0v) is 18.7. The van der Waals surface area contributed by atoms with E-state index in [1.807, 2.05) is 26.0 Å². The van der Waals surface area contributed by atoms with Crippen LogP contribution in [0.1, 0.15) is 16.7 Å². The summed E-state index contributed by atoms with van der Waals surface area (Å²) in [6, 6.07) is 16.1. The average molecular weight is 446 g/mol. The van der Waals surface area contributed by atoms with Gasteiger partial charge in [0.25, 0.3) is 11.8 Å². The fourth-order valence-electron chi connectivity index (χ4n) is 3.85. The Morgan fingerprint density at radius 1 is 0.848 bits per heavy atom. The lowest BCUT2D eigenvalue weighted by Crippen LogP contribution is -2.33. The van der Waals surface area contributed by atoms with Crippen LogP contribution in [0.15, 0.2) is 66.4 Å². The Morgan fingerprint density at radius 2 is 1.58 bits per heavy atom. The van der Waals surface area contributed by atoms with Crippen LogP contribution in [0.3, 0.4) is 0 Å². The highest BCUT2D eigenvalue weighted by Crippen LogP contribution is 2.37. The molecule has 0 fully saturated rings. The molecule has 0 aromatic heterocycles. The van der Waals surface area contributed by atoms with Crippen molar-refractivity contribution < 1.29 is 23.5 Å². The summed E-state index contributed by atoms with van der Waals surface area (Å²) in [6.07, 6.45) is 0. The van der Waals surface area contributed by atoms with E-state index in [2.05, 4.69) is 5.32 Å². The summed E-state index contributed by atoms with van der Waals surface area (Å²) >= 11 is 0. The number of carbonyl (C=O) groups excluding carboxylic acids is 2. The van der Waals surface area contributed by atoms with Crippen molar-refractivity contribution >= 4 is 28.8 Å². The van der Waals surface area contributed by atoms with Gasteiger partial charge in [-0.3, -0.25) is 9.59 Å². The second-order valence-corrected chi connectivity index (χ2v) is 7.68. The molecule has 1 aliphatic heterocycles. The van der Waals surface area contributed by atoms with Crippen molar-refractivity contribution in [3.8, 4) is 11.5 Å². The van der Waals surface area contributed by atoms with E-state index in [1.54, 1.807) is 24.3 Å². The molecule has 0 bridgehead atoms. The molecule has 0 saturated carbocycles. The molecule has 2 amide bonds. The van der Waals surface area contributed by atoms with Gasteiger partial charge in [-0.1, -0.05) is 29.8 Å². The van der Waals surface area contributed by atoms with Gasteiger partial charge >= 0.3 is 0 Å². The summed E-state index contributed by atoms with van der Waals surface area (Å²) in [5.74, 6) is -0.442. The first-order valence-corrected chi connectivity index (χ1v) is 10.3. The largest absolute Gasteiger partial charge is 0.497 e. The van der Waals surface area contributed by atoms with Crippen molar-refractivity contribution in [2.45, 2.75) is 13.8 Å². The van der Waals surface area contributed by atoms with E-state index in [9.17, 15) is 14.0 Å². The predicted octanol–water partition coefficient (Wildman–Crippen LogP) is 4.86. The van der Waals surface area contributed by atoms with E-state index < -0.39 is 17.6 Å². The first-order chi connectivity index (χ1) is 15.8. The molecular formula is C26H23FN2O4. The van der Waals surface area contributed by atoms with Crippen molar-refractivity contribution in [3.05, 3.63) is 88.9 Å². The molecule has 0 unspecified atom stereocenters. The molecule has 3 aromatic carbocycles. The zero-order chi connectivity index (χ0) is 23.7. The number of nitrogens with one attached hydrogen (secondary N) is 1. The van der Waals surface area contributed by atoms with Crippen LogP contribution in [0.5, 0.6) is 11.5 Å². The molecule has 1 aliphatic rings. The molecule has 6 nitrogen and oxygen atoms in total. The number of rotatable bonds is 6. The molecule has 0 atom stereocenters. The maximum absolute atomic E-state index is 13.6. The minimum absolute atomic E-state index is 0.0677. The molecule has 3 aromatic rings. The van der Waals surface area contributed by atoms with Gasteiger partial charge in [-0.05, 0) is 55.3 Å². The van der Waals surface area contributed by atoms with Crippen molar-refractivity contribution in [2.24, 2.45) is 0 Å². The number of methoxy groups -OCH3 is 2. The molecule has 33 heavy (non-hydrogen) atoms. The molecule has 1 heterocycles. The summed E-state index contributed by atoms with van der Waals surface area (Å²) in [5.41, 5.74) is 3.38. The summed E-state index contributed by atoms with van der Waals surface area (Å²) in [7, 11) is 3.03. The quantitative estimate of drug-likeness (QED) is 0.548. The number of anilines is 2. The summed E-state index contributed by atoms with van der Waals surface area (Å²) < 4.78 is 24.3. The summed E-state index contributed by atoms with van der Waals surface area (Å²) in [4.78, 5) is 28.3. The Morgan fingerprint density at radius 3 is 2.21 bits per heavy atom. The number of aryl methyl sites for hydroxylation is 2. The van der Waals surface area contributed by atoms with Gasteiger partial charge in [0, 0.05) is 6.07 Å². The van der Waals surface area contributed by atoms with Gasteiger partial charge in [0.05, 0.1) is 31.2 Å². The Balaban J connectivity index is 1.87. The zero-order valence-electron chi connectivity index (χ0n) is 18.7. The van der Waals surface area contributed by atoms with Crippen LogP contribution >= 0.6 is 0 Å². The van der Waals surface area contributed by atoms with E-state index >= 15 is 0 Å². The number of amides is 2. The van der Waals surface area contributed by atoms with Crippen LogP contribution in [0.2, 0.25) is 0 Å². The first kappa shape index (κ1) is 22.1. The Kier molecular flexibility index (Phi) is 5.87. The fourth-order valence-corrected chi connectivity index (χ4v) is 3.85. The van der Waals surface area contributed by atoms with Crippen LogP contribution in [0.25, 0.3) is 5.57 Å². The summed E-state index contributed by atoms with van der Waals surface area (Å²) in [6.45, 7) is 3.78. The number of imide groups is 1. The van der Waals surface area contributed by atoms with Crippen molar-refractivity contribution in [2.75, 3.05) is 24.4 Å². The highest BCUT2D eigenvalue weighted by atomic mass is 19.1. The van der Waals surface area contributed by atoms with Crippen LogP contribution < -0.4 is 19.7 Å². The lowest BCUT2D eigenvalue weighted by Gasteiger charge is -2.18. The van der Waals surface area contributed by atoms with Gasteiger partial charge in [-0.25, -0.2) is 9.29 Å². The van der Waals surface area contributed by atoms with E-state index in [-0.39, 0.29) is 11.3 Å². The van der Waals surface area contributed by atoms with Gasteiger partial charge < -0.3 is 14.8 Å². The highest BCUT2D eigenvalue weighted by molar-refractivity contribution is 6.46. The standard InChI is InChI=1S/C26H23FN2O4/c1-15-5-11-21(16(2)13-15)29-25(30)23(17-6-8-18(27)9-7-17)24(26(29)31)28-20-14-19(32-3)10-12-22(20)33-4/h5-14,28H,1-4H3. The number of hydrogen-bond acceptors (Lipinski definition) is 5. The highest BCUT2D eigenvalue weighted by Gasteiger charge is 2.41. The maximum atomic E-state index is 13.6. The molecule has 0 aliphatic carbocycles. The molecule has 0 spiro atoms. The normalized spacial score (nSPS) is 13.5. The smallest absolute Gasteiger partial charge is 0.282 e. The SMILES string of the molecule is COc1ccc(OC)c(NC2=C(c3ccc(F)cc3)C(=O)N(c3ccc(C)cc3C)C2=O)c1. The van der Waals surface area contributed by atoms with Crippen LogP contribution in [0, 0.1) is 19.7 Å². The number of ether oxygens (including phenoxy) is 2. The average Bonchev–Trinajstić information content (AvgIpc) is 3.04. The maximum Gasteiger partial charge on any atom is 0.282 e. The number of halogens is 1. The second kappa shape index (κ2) is 8.78. The number of benzene rings is 3. The monoisotopic (exact) mass is 446 g/mol. The molecule has 168 valence electrons. The van der Waals surface area contributed by atoms with Crippen LogP contribution in [-0.2, 0) is 9.59 Å². The van der Waals surface area contributed by atoms with E-state index in [0.717, 1.165) is 16.0 Å². The van der Waals surface area contributed by atoms with Crippen molar-refractivity contribution in [1.82, 2.24) is 0 Å². The van der Waals surface area contributed by atoms with Crippen molar-refractivity contribution in [1.29, 1.82) is 0 Å². The topological polar surface area (TPSA) is 67.9 Å². The van der Waals surface area contributed by atoms with E-state index in [0.29, 0.717) is 28.4 Å². The van der Waals surface area contributed by atoms with Gasteiger partial charge in [-0.2, -0.15) is 0 Å². The number of carbonyl (C=O) groups is 2. The Bertz CT molecular complexity index is 1280. The van der Waals surface area contributed by atoms with Gasteiger partial charge in [0.15, 0.2) is 0 Å². The van der Waals surface area contributed by atoms with Gasteiger partial charge in [0.2, 0.25) is 0 Å². The lowest BCUT2D eigenvalue weighted by atomic mass is 10.0. The first-order valence-electron chi connectivity index (χ1n) is 10.3. The Labute approximate surface area is 191 Å². The predicted molar refractivity (Wildman–Crippen MR) is 125 cm³/mol. The Hall–Kier alpha value is -4.13. The third kappa shape index (κ3) is 4.05. The van der Waals surface area contributed by atoms with Crippen molar-refractivity contribution in [3.63, 3.8) is 0 Å². The molecular weight excluding hydrogens is 423 g/mol. The molecule has 1 N–H and O–H groups in total. The molecule has 0 radical (unpaired) electrons. The third-order valence-corrected chi connectivity index (χ3v) is 5.48. The van der Waals surface area contributed by atoms with E-state index in [4.69, 9.17) is 9.47 Å². The minimum Gasteiger partial charge on any atom is -0.497 e. The molecule has 0 saturated heterocycles. The fraction of sp³-hybridized carbons (Fsp3) is 0.154. The van der Waals surface area contributed by atoms with Crippen LogP contribution in [0.4, 0.5) is 15.8 Å². The molecule has 4 rings (SSSR count). The van der Waals surface area contributed by atoms with Crippen LogP contribution in [-0.4, -0.2) is 26.0 Å². The van der Waals surface area contributed by atoms with Gasteiger partial charge in [0.1, 0.15) is 23.0 Å². The summed E-state index contributed by atoms with van der Waals surface area (Å²) in [5, 5.41) is 3.08. The third-order valence-electron chi connectivity index (χ3n) is 5.48. The molecule has 7 heteroatoms. The number of hydrogen-bond donors (Lipinski definition) is 1. The lowest BCUT2D eigenvalue weighted by molar-refractivity contribution is -0.120.